The van der Waals surface area contributed by atoms with Crippen LogP contribution in [0.4, 0.5) is 0 Å². The number of rotatable bonds is 2. The van der Waals surface area contributed by atoms with Crippen LogP contribution in [0.2, 0.25) is 0 Å². The summed E-state index contributed by atoms with van der Waals surface area (Å²) in [4.78, 5) is 14.0. The number of aromatic hydroxyl groups is 1. The Balaban J connectivity index is 1.98. The molecule has 0 spiro atoms. The first-order valence-corrected chi connectivity index (χ1v) is 6.62. The van der Waals surface area contributed by atoms with E-state index in [0.717, 1.165) is 43.0 Å². The first kappa shape index (κ1) is 12.9. The van der Waals surface area contributed by atoms with Gasteiger partial charge in [-0.25, -0.2) is 0 Å². The maximum Gasteiger partial charge on any atom is 0.227 e. The molecule has 1 aromatic rings. The van der Waals surface area contributed by atoms with Crippen LogP contribution < -0.4 is 0 Å². The normalized spacial score (nSPS) is 16.9. The molecule has 1 fully saturated rings. The average molecular weight is 247 g/mol. The van der Waals surface area contributed by atoms with Crippen LogP contribution in [0.3, 0.4) is 0 Å². The molecule has 1 aliphatic heterocycles. The Kier molecular flexibility index (Phi) is 3.90. The smallest absolute Gasteiger partial charge is 0.227 e. The van der Waals surface area contributed by atoms with Crippen molar-refractivity contribution in [3.8, 4) is 5.75 Å². The number of aryl methyl sites for hydroxylation is 1. The number of hydrogen-bond acceptors (Lipinski definition) is 2. The summed E-state index contributed by atoms with van der Waals surface area (Å²) >= 11 is 0. The summed E-state index contributed by atoms with van der Waals surface area (Å²) in [6, 6.07) is 5.48. The summed E-state index contributed by atoms with van der Waals surface area (Å²) in [7, 11) is 0. The van der Waals surface area contributed by atoms with Gasteiger partial charge in [-0.15, -0.1) is 0 Å². The Morgan fingerprint density at radius 2 is 2.06 bits per heavy atom. The SMILES string of the molecule is Cc1ccc(CC(=O)N2CCC(C)CC2)c(O)c1. The van der Waals surface area contributed by atoms with Crippen molar-refractivity contribution in [3.05, 3.63) is 29.3 Å². The molecule has 1 N–H and O–H groups in total. The van der Waals surface area contributed by atoms with E-state index in [1.807, 2.05) is 24.0 Å². The first-order chi connectivity index (χ1) is 8.56. The highest BCUT2D eigenvalue weighted by atomic mass is 16.3. The number of benzene rings is 1. The summed E-state index contributed by atoms with van der Waals surface area (Å²) < 4.78 is 0. The molecule has 0 aromatic heterocycles. The van der Waals surface area contributed by atoms with Gasteiger partial charge in [-0.3, -0.25) is 4.79 Å². The molecule has 1 aliphatic rings. The molecule has 0 saturated carbocycles. The summed E-state index contributed by atoms with van der Waals surface area (Å²) in [6.07, 6.45) is 2.48. The lowest BCUT2D eigenvalue weighted by Crippen LogP contribution is -2.38. The Morgan fingerprint density at radius 1 is 1.39 bits per heavy atom. The van der Waals surface area contributed by atoms with E-state index in [1.54, 1.807) is 6.07 Å². The Morgan fingerprint density at radius 3 is 2.67 bits per heavy atom. The van der Waals surface area contributed by atoms with Gasteiger partial charge in [-0.2, -0.15) is 0 Å². The van der Waals surface area contributed by atoms with Crippen LogP contribution in [-0.4, -0.2) is 29.0 Å². The standard InChI is InChI=1S/C15H21NO2/c1-11-5-7-16(8-6-11)15(18)10-13-4-3-12(2)9-14(13)17/h3-4,9,11,17H,5-8,10H2,1-2H3. The molecular weight excluding hydrogens is 226 g/mol. The fourth-order valence-corrected chi connectivity index (χ4v) is 2.36. The zero-order valence-corrected chi connectivity index (χ0v) is 11.1. The summed E-state index contributed by atoms with van der Waals surface area (Å²) in [5, 5.41) is 9.81. The minimum absolute atomic E-state index is 0.126. The van der Waals surface area contributed by atoms with Crippen LogP contribution in [0.15, 0.2) is 18.2 Å². The van der Waals surface area contributed by atoms with E-state index in [0.29, 0.717) is 6.42 Å². The van der Waals surface area contributed by atoms with Gasteiger partial charge in [-0.05, 0) is 37.3 Å². The summed E-state index contributed by atoms with van der Waals surface area (Å²) in [6.45, 7) is 5.87. The van der Waals surface area contributed by atoms with Crippen LogP contribution in [0.25, 0.3) is 0 Å². The molecule has 1 heterocycles. The summed E-state index contributed by atoms with van der Waals surface area (Å²) in [5.41, 5.74) is 1.74. The molecule has 98 valence electrons. The van der Waals surface area contributed by atoms with Gasteiger partial charge < -0.3 is 10.0 Å². The van der Waals surface area contributed by atoms with Gasteiger partial charge >= 0.3 is 0 Å². The van der Waals surface area contributed by atoms with Crippen molar-refractivity contribution in [1.82, 2.24) is 4.90 Å². The largest absolute Gasteiger partial charge is 0.508 e. The van der Waals surface area contributed by atoms with Crippen molar-refractivity contribution in [1.29, 1.82) is 0 Å². The number of phenolic OH excluding ortho intramolecular Hbond substituents is 1. The number of nitrogens with zero attached hydrogens (tertiary/aromatic N) is 1. The van der Waals surface area contributed by atoms with Crippen molar-refractivity contribution >= 4 is 5.91 Å². The lowest BCUT2D eigenvalue weighted by molar-refractivity contribution is -0.131. The maximum atomic E-state index is 12.1. The van der Waals surface area contributed by atoms with E-state index in [4.69, 9.17) is 0 Å². The number of likely N-dealkylation sites (tertiary alicyclic amines) is 1. The lowest BCUT2D eigenvalue weighted by atomic mass is 9.98. The van der Waals surface area contributed by atoms with Gasteiger partial charge in [0.05, 0.1) is 6.42 Å². The number of piperidine rings is 1. The minimum atomic E-state index is 0.126. The first-order valence-electron chi connectivity index (χ1n) is 6.62. The van der Waals surface area contributed by atoms with Gasteiger partial charge in [0.1, 0.15) is 5.75 Å². The van der Waals surface area contributed by atoms with Crippen molar-refractivity contribution in [2.45, 2.75) is 33.1 Å². The van der Waals surface area contributed by atoms with Gasteiger partial charge in [0.2, 0.25) is 5.91 Å². The third-order valence-corrected chi connectivity index (χ3v) is 3.72. The van der Waals surface area contributed by atoms with Crippen molar-refractivity contribution in [3.63, 3.8) is 0 Å². The van der Waals surface area contributed by atoms with Gasteiger partial charge in [0.25, 0.3) is 0 Å². The fraction of sp³-hybridized carbons (Fsp3) is 0.533. The monoisotopic (exact) mass is 247 g/mol. The highest BCUT2D eigenvalue weighted by Gasteiger charge is 2.20. The molecular formula is C15H21NO2. The summed E-state index contributed by atoms with van der Waals surface area (Å²) in [5.74, 6) is 1.08. The molecule has 1 amide bonds. The van der Waals surface area contributed by atoms with Gasteiger partial charge in [0, 0.05) is 18.7 Å². The second kappa shape index (κ2) is 5.42. The highest BCUT2D eigenvalue weighted by molar-refractivity contribution is 5.79. The minimum Gasteiger partial charge on any atom is -0.508 e. The number of carbonyl (C=O) groups is 1. The number of phenols is 1. The predicted molar refractivity (Wildman–Crippen MR) is 71.5 cm³/mol. The van der Waals surface area contributed by atoms with E-state index < -0.39 is 0 Å². The Hall–Kier alpha value is -1.51. The average Bonchev–Trinajstić information content (AvgIpc) is 2.33. The van der Waals surface area contributed by atoms with E-state index in [-0.39, 0.29) is 11.7 Å². The molecule has 0 aliphatic carbocycles. The van der Waals surface area contributed by atoms with Crippen LogP contribution in [0.1, 0.15) is 30.9 Å². The molecule has 0 unspecified atom stereocenters. The van der Waals surface area contributed by atoms with Crippen LogP contribution >= 0.6 is 0 Å². The molecule has 2 rings (SSSR count). The second-order valence-corrected chi connectivity index (χ2v) is 5.37. The van der Waals surface area contributed by atoms with Crippen LogP contribution in [0, 0.1) is 12.8 Å². The van der Waals surface area contributed by atoms with E-state index in [1.165, 1.54) is 0 Å². The lowest BCUT2D eigenvalue weighted by Gasteiger charge is -2.30. The molecule has 3 nitrogen and oxygen atoms in total. The van der Waals surface area contributed by atoms with Crippen molar-refractivity contribution < 1.29 is 9.90 Å². The van der Waals surface area contributed by atoms with Gasteiger partial charge in [-0.1, -0.05) is 19.1 Å². The predicted octanol–water partition coefficient (Wildman–Crippen LogP) is 2.50. The molecule has 3 heteroatoms. The highest BCUT2D eigenvalue weighted by Crippen LogP contribution is 2.21. The maximum absolute atomic E-state index is 12.1. The van der Waals surface area contributed by atoms with Gasteiger partial charge in [0.15, 0.2) is 0 Å². The van der Waals surface area contributed by atoms with Crippen molar-refractivity contribution in [2.75, 3.05) is 13.1 Å². The molecule has 0 radical (unpaired) electrons. The number of amides is 1. The number of carbonyl (C=O) groups excluding carboxylic acids is 1. The fourth-order valence-electron chi connectivity index (χ4n) is 2.36. The molecule has 1 saturated heterocycles. The topological polar surface area (TPSA) is 40.5 Å². The quantitative estimate of drug-likeness (QED) is 0.872. The molecule has 18 heavy (non-hydrogen) atoms. The van der Waals surface area contributed by atoms with Crippen LogP contribution in [0.5, 0.6) is 5.75 Å². The zero-order valence-electron chi connectivity index (χ0n) is 11.1. The number of hydrogen-bond donors (Lipinski definition) is 1. The third kappa shape index (κ3) is 3.03. The Bertz CT molecular complexity index is 434. The van der Waals surface area contributed by atoms with E-state index in [2.05, 4.69) is 6.92 Å². The second-order valence-electron chi connectivity index (χ2n) is 5.37. The van der Waals surface area contributed by atoms with Crippen molar-refractivity contribution in [2.24, 2.45) is 5.92 Å². The molecule has 0 atom stereocenters. The third-order valence-electron chi connectivity index (χ3n) is 3.72. The zero-order chi connectivity index (χ0) is 13.1. The van der Waals surface area contributed by atoms with E-state index >= 15 is 0 Å². The Labute approximate surface area is 108 Å². The van der Waals surface area contributed by atoms with E-state index in [9.17, 15) is 9.90 Å². The molecule has 0 bridgehead atoms. The molecule has 1 aromatic carbocycles. The van der Waals surface area contributed by atoms with Crippen LogP contribution in [-0.2, 0) is 11.2 Å².